The number of carbonyl (C=O) groups excluding carboxylic acids is 1. The molecule has 1 N–H and O–H groups in total. The molecule has 7 heteroatoms. The number of halogens is 1. The number of aliphatic imine (C=N–C) groups is 1. The van der Waals surface area contributed by atoms with Crippen LogP contribution in [0.25, 0.3) is 11.6 Å². The maximum atomic E-state index is 12.6. The van der Waals surface area contributed by atoms with E-state index in [1.807, 2.05) is 18.2 Å². The second kappa shape index (κ2) is 9.27. The molecule has 0 unspecified atom stereocenters. The van der Waals surface area contributed by atoms with Gasteiger partial charge in [-0.05, 0) is 80.9 Å². The highest BCUT2D eigenvalue weighted by molar-refractivity contribution is 8.18. The zero-order chi connectivity index (χ0) is 23.8. The molecule has 0 aromatic heterocycles. The molecular weight excluding hydrogens is 454 g/mol. The summed E-state index contributed by atoms with van der Waals surface area (Å²) in [6.07, 6.45) is 5.24. The first-order valence-electron chi connectivity index (χ1n) is 11.0. The minimum absolute atomic E-state index is 0.0771. The van der Waals surface area contributed by atoms with Crippen LogP contribution in [0.5, 0.6) is 5.75 Å². The summed E-state index contributed by atoms with van der Waals surface area (Å²) < 4.78 is 5.75. The lowest BCUT2D eigenvalue weighted by Gasteiger charge is -2.43. The van der Waals surface area contributed by atoms with Gasteiger partial charge < -0.3 is 15.0 Å². The molecule has 5 nitrogen and oxygen atoms in total. The molecule has 2 aromatic carbocycles. The van der Waals surface area contributed by atoms with Crippen molar-refractivity contribution in [1.82, 2.24) is 5.32 Å². The Morgan fingerprint density at radius 1 is 1.24 bits per heavy atom. The van der Waals surface area contributed by atoms with Crippen LogP contribution in [-0.4, -0.2) is 30.3 Å². The molecule has 2 heterocycles. The molecule has 1 amide bonds. The Balaban J connectivity index is 1.70. The summed E-state index contributed by atoms with van der Waals surface area (Å²) in [6.45, 7) is 9.75. The van der Waals surface area contributed by atoms with Gasteiger partial charge in [-0.15, -0.1) is 0 Å². The van der Waals surface area contributed by atoms with Crippen molar-refractivity contribution >= 4 is 57.5 Å². The number of fused-ring (bicyclic) bond motifs is 1. The van der Waals surface area contributed by atoms with Gasteiger partial charge in [0, 0.05) is 34.4 Å². The van der Waals surface area contributed by atoms with Crippen molar-refractivity contribution in [2.24, 2.45) is 4.99 Å². The number of ether oxygens (including phenoxy) is 1. The number of amides is 1. The van der Waals surface area contributed by atoms with Crippen LogP contribution in [0.15, 0.2) is 52.4 Å². The molecule has 0 spiro atoms. The number of hydrogen-bond donors (Lipinski definition) is 1. The molecule has 0 radical (unpaired) electrons. The van der Waals surface area contributed by atoms with Crippen molar-refractivity contribution in [1.29, 1.82) is 0 Å². The van der Waals surface area contributed by atoms with Crippen LogP contribution in [0.1, 0.15) is 45.2 Å². The van der Waals surface area contributed by atoms with E-state index in [9.17, 15) is 4.79 Å². The van der Waals surface area contributed by atoms with Gasteiger partial charge in [-0.1, -0.05) is 24.6 Å². The fraction of sp³-hybridized carbons (Fsp3) is 0.308. The zero-order valence-corrected chi connectivity index (χ0v) is 21.1. The third-order valence-corrected chi connectivity index (χ3v) is 6.93. The Morgan fingerprint density at radius 2 is 1.97 bits per heavy atom. The Labute approximate surface area is 204 Å². The van der Waals surface area contributed by atoms with E-state index in [2.05, 4.69) is 61.1 Å². The molecule has 4 rings (SSSR count). The first-order chi connectivity index (χ1) is 15.7. The third-order valence-electron chi connectivity index (χ3n) is 5.77. The lowest BCUT2D eigenvalue weighted by Crippen LogP contribution is -2.45. The van der Waals surface area contributed by atoms with Crippen molar-refractivity contribution < 1.29 is 9.53 Å². The Bertz CT molecular complexity index is 1180. The predicted molar refractivity (Wildman–Crippen MR) is 141 cm³/mol. The molecule has 33 heavy (non-hydrogen) atoms. The summed E-state index contributed by atoms with van der Waals surface area (Å²) in [4.78, 5) is 20.2. The number of anilines is 1. The van der Waals surface area contributed by atoms with E-state index >= 15 is 0 Å². The Hall–Kier alpha value is -2.70. The molecular formula is C26H28ClN3O2S. The average molecular weight is 482 g/mol. The van der Waals surface area contributed by atoms with E-state index in [0.717, 1.165) is 41.2 Å². The van der Waals surface area contributed by atoms with Crippen molar-refractivity contribution in [3.05, 3.63) is 63.5 Å². The molecule has 0 bridgehead atoms. The van der Waals surface area contributed by atoms with Crippen molar-refractivity contribution in [2.45, 2.75) is 39.7 Å². The topological polar surface area (TPSA) is 53.9 Å². The number of benzene rings is 2. The van der Waals surface area contributed by atoms with Crippen molar-refractivity contribution in [3.8, 4) is 5.75 Å². The largest absolute Gasteiger partial charge is 0.496 e. The van der Waals surface area contributed by atoms with E-state index < -0.39 is 0 Å². The average Bonchev–Trinajstić information content (AvgIpc) is 3.10. The van der Waals surface area contributed by atoms with Gasteiger partial charge in [-0.2, -0.15) is 0 Å². The van der Waals surface area contributed by atoms with E-state index in [1.165, 1.54) is 17.3 Å². The van der Waals surface area contributed by atoms with E-state index in [1.54, 1.807) is 19.2 Å². The number of carbonyl (C=O) groups is 1. The van der Waals surface area contributed by atoms with E-state index in [4.69, 9.17) is 16.3 Å². The highest BCUT2D eigenvalue weighted by Crippen LogP contribution is 2.43. The lowest BCUT2D eigenvalue weighted by atomic mass is 9.87. The van der Waals surface area contributed by atoms with Crippen molar-refractivity contribution in [3.63, 3.8) is 0 Å². The van der Waals surface area contributed by atoms with Crippen LogP contribution in [-0.2, 0) is 4.79 Å². The van der Waals surface area contributed by atoms with Crippen molar-refractivity contribution in [2.75, 3.05) is 18.6 Å². The monoisotopic (exact) mass is 481 g/mol. The lowest BCUT2D eigenvalue weighted by molar-refractivity contribution is -0.115. The van der Waals surface area contributed by atoms with Gasteiger partial charge in [0.2, 0.25) is 0 Å². The van der Waals surface area contributed by atoms with E-state index in [-0.39, 0.29) is 11.4 Å². The number of rotatable bonds is 5. The molecule has 1 saturated heterocycles. The number of methoxy groups -OCH3 is 1. The van der Waals surface area contributed by atoms with E-state index in [0.29, 0.717) is 15.1 Å². The van der Waals surface area contributed by atoms with Gasteiger partial charge in [-0.25, -0.2) is 4.99 Å². The molecule has 2 aliphatic rings. The van der Waals surface area contributed by atoms with Crippen LogP contribution in [0.4, 0.5) is 11.4 Å². The maximum absolute atomic E-state index is 12.6. The summed E-state index contributed by atoms with van der Waals surface area (Å²) in [5.41, 5.74) is 5.06. The number of thioether (sulfide) groups is 1. The summed E-state index contributed by atoms with van der Waals surface area (Å²) in [6, 6.07) is 11.4. The second-order valence-electron chi connectivity index (χ2n) is 8.70. The molecule has 2 aliphatic heterocycles. The maximum Gasteiger partial charge on any atom is 0.264 e. The van der Waals surface area contributed by atoms with Gasteiger partial charge in [-0.3, -0.25) is 4.79 Å². The Morgan fingerprint density at radius 3 is 2.64 bits per heavy atom. The standard InChI is InChI=1S/C26H28ClN3O2S/c1-6-11-30-21-14-22(32-5)17(12-20(21)16(2)15-26(30,3)4)13-23-24(31)29-25(33-23)28-19-9-7-18(27)8-10-19/h7-10,12-15H,6,11H2,1-5H3,(H,28,29,31)/b23-13+. The quantitative estimate of drug-likeness (QED) is 0.485. The second-order valence-corrected chi connectivity index (χ2v) is 10.2. The Kier molecular flexibility index (Phi) is 6.59. The fourth-order valence-electron chi connectivity index (χ4n) is 4.30. The molecule has 2 aromatic rings. The van der Waals surface area contributed by atoms with Crippen LogP contribution in [0.2, 0.25) is 5.02 Å². The summed E-state index contributed by atoms with van der Waals surface area (Å²) in [5, 5.41) is 4.03. The van der Waals surface area contributed by atoms with Crippen LogP contribution >= 0.6 is 23.4 Å². The third kappa shape index (κ3) is 4.82. The first-order valence-corrected chi connectivity index (χ1v) is 12.2. The van der Waals surface area contributed by atoms with Gasteiger partial charge in [0.25, 0.3) is 5.91 Å². The van der Waals surface area contributed by atoms with Crippen LogP contribution < -0.4 is 15.0 Å². The zero-order valence-electron chi connectivity index (χ0n) is 19.5. The highest BCUT2D eigenvalue weighted by atomic mass is 35.5. The summed E-state index contributed by atoms with van der Waals surface area (Å²) in [7, 11) is 1.67. The van der Waals surface area contributed by atoms with Crippen LogP contribution in [0.3, 0.4) is 0 Å². The van der Waals surface area contributed by atoms with Gasteiger partial charge in [0.1, 0.15) is 5.75 Å². The number of nitrogens with zero attached hydrogens (tertiary/aromatic N) is 2. The first kappa shape index (κ1) is 23.5. The number of nitrogens with one attached hydrogen (secondary N) is 1. The molecule has 0 aliphatic carbocycles. The van der Waals surface area contributed by atoms with Gasteiger partial charge >= 0.3 is 0 Å². The number of amidine groups is 1. The smallest absolute Gasteiger partial charge is 0.264 e. The van der Waals surface area contributed by atoms with Gasteiger partial charge in [0.05, 0.1) is 23.2 Å². The predicted octanol–water partition coefficient (Wildman–Crippen LogP) is 6.65. The SMILES string of the molecule is CCCN1c2cc(OC)c(/C=C3/SC(=Nc4ccc(Cl)cc4)NC3=O)cc2C(C)=CC1(C)C. The summed E-state index contributed by atoms with van der Waals surface area (Å²) in [5.74, 6) is 0.567. The van der Waals surface area contributed by atoms with Gasteiger partial charge in [0.15, 0.2) is 5.17 Å². The minimum Gasteiger partial charge on any atom is -0.496 e. The molecule has 0 atom stereocenters. The normalized spacial score (nSPS) is 19.5. The molecule has 172 valence electrons. The molecule has 1 fully saturated rings. The highest BCUT2D eigenvalue weighted by Gasteiger charge is 2.32. The number of hydrogen-bond acceptors (Lipinski definition) is 5. The number of allylic oxidation sites excluding steroid dienone is 1. The summed E-state index contributed by atoms with van der Waals surface area (Å²) >= 11 is 7.26. The fourth-order valence-corrected chi connectivity index (χ4v) is 5.26. The minimum atomic E-state index is -0.173. The van der Waals surface area contributed by atoms with Crippen LogP contribution in [0, 0.1) is 0 Å². The molecule has 0 saturated carbocycles.